The number of hydrogen-bond donors (Lipinski definition) is 0. The summed E-state index contributed by atoms with van der Waals surface area (Å²) < 4.78 is 8.28. The second-order valence-electron chi connectivity index (χ2n) is 10.3. The van der Waals surface area contributed by atoms with Crippen LogP contribution in [0.5, 0.6) is 0 Å². The summed E-state index contributed by atoms with van der Waals surface area (Å²) in [7, 11) is 0. The van der Waals surface area contributed by atoms with E-state index in [0.717, 1.165) is 39.0 Å². The van der Waals surface area contributed by atoms with Gasteiger partial charge in [0.05, 0.1) is 17.1 Å². The van der Waals surface area contributed by atoms with Crippen molar-refractivity contribution in [1.82, 2.24) is 0 Å². The molecule has 0 bridgehead atoms. The van der Waals surface area contributed by atoms with Gasteiger partial charge in [-0.2, -0.15) is 4.57 Å². The number of allylic oxidation sites excluding steroid dienone is 6. The number of aromatic nitrogens is 3. The van der Waals surface area contributed by atoms with Gasteiger partial charge < -0.3 is 4.90 Å². The third-order valence-electron chi connectivity index (χ3n) is 7.35. The molecule has 0 aliphatic carbocycles. The van der Waals surface area contributed by atoms with Gasteiger partial charge in [0, 0.05) is 54.3 Å². The molecule has 1 aliphatic rings. The molecule has 214 valence electrons. The molecule has 4 nitrogen and oxygen atoms in total. The smallest absolute Gasteiger partial charge is 0.262 e. The third-order valence-corrected chi connectivity index (χ3v) is 9.61. The Bertz CT molecular complexity index is 1750. The lowest BCUT2D eigenvalue weighted by Crippen LogP contribution is -2.39. The Morgan fingerprint density at radius 2 is 1.30 bits per heavy atom. The fraction of sp³-hybridized carbons (Fsp3) is 0.162. The third kappa shape index (κ3) is 7.58. The molecule has 0 radical (unpaired) electrons. The van der Waals surface area contributed by atoms with E-state index in [1.807, 2.05) is 23.1 Å². The first-order valence-electron chi connectivity index (χ1n) is 14.9. The minimum absolute atomic E-state index is 0.989. The lowest BCUT2D eigenvalue weighted by molar-refractivity contribution is -0.716. The summed E-state index contributed by atoms with van der Waals surface area (Å²) in [6, 6.07) is 29.9. The van der Waals surface area contributed by atoms with Crippen LogP contribution in [0.15, 0.2) is 156 Å². The van der Waals surface area contributed by atoms with Crippen LogP contribution in [0.4, 0.5) is 5.69 Å². The average molecular weight is 602 g/mol. The maximum atomic E-state index is 2.45. The molecule has 1 aliphatic heterocycles. The van der Waals surface area contributed by atoms with Crippen molar-refractivity contribution >= 4 is 45.1 Å². The Kier molecular flexibility index (Phi) is 9.90. The van der Waals surface area contributed by atoms with Gasteiger partial charge in [0.1, 0.15) is 11.2 Å². The van der Waals surface area contributed by atoms with Gasteiger partial charge in [-0.3, -0.25) is 0 Å². The molecule has 2 aromatic carbocycles. The molecule has 0 amide bonds. The van der Waals surface area contributed by atoms with E-state index in [1.54, 1.807) is 0 Å². The topological polar surface area (TPSA) is 14.9 Å². The zero-order valence-corrected chi connectivity index (χ0v) is 25.9. The quantitative estimate of drug-likeness (QED) is 0.109. The van der Waals surface area contributed by atoms with Crippen LogP contribution in [0.3, 0.4) is 0 Å². The summed E-state index contributed by atoms with van der Waals surface area (Å²) in [5.74, 6) is 0. The van der Waals surface area contributed by atoms with Gasteiger partial charge in [-0.1, -0.05) is 89.9 Å². The van der Waals surface area contributed by atoms with Crippen LogP contribution in [-0.2, 0) is 19.6 Å². The van der Waals surface area contributed by atoms with Crippen molar-refractivity contribution in [3.05, 3.63) is 156 Å². The number of benzene rings is 2. The number of pyridine rings is 2. The zero-order valence-electron chi connectivity index (χ0n) is 24.3. The maximum Gasteiger partial charge on any atom is 0.262 e. The molecule has 0 atom stereocenters. The van der Waals surface area contributed by atoms with Crippen molar-refractivity contribution in [2.45, 2.75) is 37.4 Å². The van der Waals surface area contributed by atoms with E-state index in [1.165, 1.54) is 30.8 Å². The van der Waals surface area contributed by atoms with E-state index in [4.69, 9.17) is 0 Å². The van der Waals surface area contributed by atoms with Crippen molar-refractivity contribution in [3.8, 4) is 0 Å². The monoisotopic (exact) mass is 601 g/mol. The minimum atomic E-state index is 0.989. The lowest BCUT2D eigenvalue weighted by Gasteiger charge is -2.19. The molecular weight excluding hydrogens is 565 g/mol. The minimum Gasteiger partial charge on any atom is -0.335 e. The Hall–Kier alpha value is -4.26. The standard InChI is InChI=1S/C37H37N4S2/c1(2-6-22-36-40(32-18-8-10-20-34(32)42-36)30-16-28-38-24-12-4-13-25-38)3-7-23-37-41(33-19-9-11-21-35(33)43-37)31-17-29-39-26-14-5-15-27-39/h1-15,18-27H,16-17,28-31H2/q+3. The van der Waals surface area contributed by atoms with Gasteiger partial charge in [-0.05, 0) is 24.3 Å². The fourth-order valence-electron chi connectivity index (χ4n) is 5.27. The van der Waals surface area contributed by atoms with Crippen LogP contribution >= 0.6 is 23.1 Å². The van der Waals surface area contributed by atoms with Crippen LogP contribution < -0.4 is 18.6 Å². The normalized spacial score (nSPS) is 14.2. The molecular formula is C37H37N4S2+3. The number of hydrogen-bond acceptors (Lipinski definition) is 3. The first kappa shape index (κ1) is 28.8. The number of para-hydroxylation sites is 2. The molecule has 6 heteroatoms. The molecule has 0 unspecified atom stereocenters. The number of thioether (sulfide) groups is 1. The molecule has 5 aromatic rings. The van der Waals surface area contributed by atoms with Gasteiger partial charge in [0.15, 0.2) is 37.9 Å². The highest BCUT2D eigenvalue weighted by molar-refractivity contribution is 8.03. The zero-order chi connectivity index (χ0) is 29.1. The van der Waals surface area contributed by atoms with E-state index >= 15 is 0 Å². The van der Waals surface area contributed by atoms with Crippen molar-refractivity contribution < 1.29 is 13.7 Å². The number of fused-ring (bicyclic) bond motifs is 2. The number of nitrogens with zero attached hydrogens (tertiary/aromatic N) is 4. The molecule has 0 fully saturated rings. The number of thiazole rings is 1. The van der Waals surface area contributed by atoms with Crippen molar-refractivity contribution in [2.75, 3.05) is 11.4 Å². The van der Waals surface area contributed by atoms with Crippen LogP contribution in [0, 0.1) is 0 Å². The summed E-state index contributed by atoms with van der Waals surface area (Å²) in [5.41, 5.74) is 2.62. The summed E-state index contributed by atoms with van der Waals surface area (Å²) in [5, 5.41) is 2.55. The SMILES string of the molecule is C(/C=C/C=C/C=C/c1sc2ccccc2[n+]1CCC[n+]1ccccc1)=C1/Sc2ccccc2N1CCC[n+]1ccccc1. The molecule has 0 spiro atoms. The number of rotatable bonds is 12. The largest absolute Gasteiger partial charge is 0.335 e. The Labute approximate surface area is 262 Å². The van der Waals surface area contributed by atoms with Gasteiger partial charge in [0.25, 0.3) is 5.01 Å². The molecule has 6 rings (SSSR count). The van der Waals surface area contributed by atoms with Crippen molar-refractivity contribution in [2.24, 2.45) is 0 Å². The van der Waals surface area contributed by atoms with E-state index in [9.17, 15) is 0 Å². The van der Waals surface area contributed by atoms with Crippen LogP contribution in [0.1, 0.15) is 17.8 Å². The Balaban J connectivity index is 1.08. The predicted molar refractivity (Wildman–Crippen MR) is 180 cm³/mol. The molecule has 0 N–H and O–H groups in total. The van der Waals surface area contributed by atoms with Crippen LogP contribution in [0.25, 0.3) is 16.3 Å². The summed E-state index contributed by atoms with van der Waals surface area (Å²) in [6.45, 7) is 4.00. The van der Waals surface area contributed by atoms with Crippen molar-refractivity contribution in [1.29, 1.82) is 0 Å². The molecule has 0 saturated carbocycles. The number of aryl methyl sites for hydroxylation is 3. The lowest BCUT2D eigenvalue weighted by atomic mass is 10.2. The highest BCUT2D eigenvalue weighted by atomic mass is 32.2. The van der Waals surface area contributed by atoms with Crippen LogP contribution in [0.2, 0.25) is 0 Å². The Morgan fingerprint density at radius 3 is 2.12 bits per heavy atom. The van der Waals surface area contributed by atoms with E-state index < -0.39 is 0 Å². The average Bonchev–Trinajstić information content (AvgIpc) is 3.59. The van der Waals surface area contributed by atoms with E-state index in [-0.39, 0.29) is 0 Å². The molecule has 4 heterocycles. The fourth-order valence-corrected chi connectivity index (χ4v) is 7.48. The Morgan fingerprint density at radius 1 is 0.628 bits per heavy atom. The van der Waals surface area contributed by atoms with Gasteiger partial charge in [-0.25, -0.2) is 9.13 Å². The van der Waals surface area contributed by atoms with E-state index in [0.29, 0.717) is 0 Å². The first-order valence-corrected chi connectivity index (χ1v) is 16.5. The first-order chi connectivity index (χ1) is 21.3. The van der Waals surface area contributed by atoms with E-state index in [2.05, 4.69) is 171 Å². The summed E-state index contributed by atoms with van der Waals surface area (Å²) >= 11 is 3.71. The summed E-state index contributed by atoms with van der Waals surface area (Å²) in [4.78, 5) is 3.78. The van der Waals surface area contributed by atoms with Gasteiger partial charge in [0.2, 0.25) is 5.52 Å². The highest BCUT2D eigenvalue weighted by Gasteiger charge is 2.24. The van der Waals surface area contributed by atoms with Gasteiger partial charge in [-0.15, -0.1) is 0 Å². The molecule has 43 heavy (non-hydrogen) atoms. The highest BCUT2D eigenvalue weighted by Crippen LogP contribution is 2.45. The summed E-state index contributed by atoms with van der Waals surface area (Å²) in [6.07, 6.45) is 25.8. The van der Waals surface area contributed by atoms with Gasteiger partial charge >= 0.3 is 0 Å². The predicted octanol–water partition coefficient (Wildman–Crippen LogP) is 7.52. The number of anilines is 1. The second-order valence-corrected chi connectivity index (χ2v) is 12.5. The maximum absolute atomic E-state index is 2.45. The second kappa shape index (κ2) is 14.8. The van der Waals surface area contributed by atoms with Crippen LogP contribution in [-0.4, -0.2) is 6.54 Å². The molecule has 0 saturated heterocycles. The molecule has 3 aromatic heterocycles. The van der Waals surface area contributed by atoms with Crippen molar-refractivity contribution in [3.63, 3.8) is 0 Å².